The van der Waals surface area contributed by atoms with Crippen LogP contribution in [0.25, 0.3) is 11.3 Å². The standard InChI is InChI=1S/C24H33ClN4O3/c1-14(2)21-22(26)24(13-32-21)8-10-29(11-9-24)23-17(12-30)28-20(15(3)27-23)16-6-5-7-18(31-4)19(16)25/h5-7,14,21-22,30H,8-13,26H2,1-4H3/t21-,22+/m0/s1. The van der Waals surface area contributed by atoms with Gasteiger partial charge in [0.2, 0.25) is 0 Å². The molecule has 0 aliphatic carbocycles. The summed E-state index contributed by atoms with van der Waals surface area (Å²) in [4.78, 5) is 11.8. The number of aryl methyl sites for hydroxylation is 1. The molecule has 0 radical (unpaired) electrons. The molecule has 3 N–H and O–H groups in total. The summed E-state index contributed by atoms with van der Waals surface area (Å²) in [5.74, 6) is 1.72. The molecule has 0 unspecified atom stereocenters. The van der Waals surface area contributed by atoms with Crippen molar-refractivity contribution in [2.24, 2.45) is 17.1 Å². The van der Waals surface area contributed by atoms with Crippen LogP contribution in [0.15, 0.2) is 18.2 Å². The van der Waals surface area contributed by atoms with E-state index < -0.39 is 0 Å². The van der Waals surface area contributed by atoms with Crippen molar-refractivity contribution in [3.8, 4) is 17.0 Å². The van der Waals surface area contributed by atoms with Gasteiger partial charge in [-0.1, -0.05) is 37.6 Å². The highest BCUT2D eigenvalue weighted by Gasteiger charge is 2.50. The van der Waals surface area contributed by atoms with E-state index in [1.54, 1.807) is 13.2 Å². The Labute approximate surface area is 194 Å². The van der Waals surface area contributed by atoms with Crippen molar-refractivity contribution >= 4 is 17.4 Å². The van der Waals surface area contributed by atoms with Gasteiger partial charge < -0.3 is 25.2 Å². The number of anilines is 1. The fraction of sp³-hybridized carbons (Fsp3) is 0.583. The highest BCUT2D eigenvalue weighted by molar-refractivity contribution is 6.34. The number of ether oxygens (including phenoxy) is 2. The molecule has 1 aromatic carbocycles. The third-order valence-electron chi connectivity index (χ3n) is 7.05. The van der Waals surface area contributed by atoms with E-state index >= 15 is 0 Å². The van der Waals surface area contributed by atoms with Gasteiger partial charge >= 0.3 is 0 Å². The van der Waals surface area contributed by atoms with Crippen LogP contribution in [0.1, 0.15) is 38.1 Å². The lowest BCUT2D eigenvalue weighted by Gasteiger charge is -2.42. The van der Waals surface area contributed by atoms with Crippen molar-refractivity contribution in [1.29, 1.82) is 0 Å². The van der Waals surface area contributed by atoms with Gasteiger partial charge in [-0.3, -0.25) is 0 Å². The van der Waals surface area contributed by atoms with Gasteiger partial charge in [0.15, 0.2) is 5.82 Å². The predicted octanol–water partition coefficient (Wildman–Crippen LogP) is 3.58. The van der Waals surface area contributed by atoms with E-state index in [2.05, 4.69) is 18.7 Å². The Morgan fingerprint density at radius 1 is 1.31 bits per heavy atom. The first-order valence-electron chi connectivity index (χ1n) is 11.2. The second-order valence-electron chi connectivity index (χ2n) is 9.30. The van der Waals surface area contributed by atoms with Crippen LogP contribution < -0.4 is 15.4 Å². The van der Waals surface area contributed by atoms with Crippen LogP contribution in [-0.2, 0) is 11.3 Å². The van der Waals surface area contributed by atoms with E-state index in [9.17, 15) is 5.11 Å². The minimum atomic E-state index is -0.198. The molecule has 0 saturated carbocycles. The molecule has 3 heterocycles. The van der Waals surface area contributed by atoms with Crippen LogP contribution in [0.4, 0.5) is 5.82 Å². The van der Waals surface area contributed by atoms with Crippen LogP contribution in [-0.4, -0.2) is 54.0 Å². The quantitative estimate of drug-likeness (QED) is 0.704. The van der Waals surface area contributed by atoms with Crippen LogP contribution in [0.5, 0.6) is 5.75 Å². The molecular weight excluding hydrogens is 428 g/mol. The highest BCUT2D eigenvalue weighted by Crippen LogP contribution is 2.44. The Hall–Kier alpha value is -1.93. The van der Waals surface area contributed by atoms with Gasteiger partial charge in [-0.25, -0.2) is 9.97 Å². The molecule has 2 atom stereocenters. The van der Waals surface area contributed by atoms with Crippen LogP contribution in [0.3, 0.4) is 0 Å². The predicted molar refractivity (Wildman–Crippen MR) is 126 cm³/mol. The summed E-state index contributed by atoms with van der Waals surface area (Å²) in [6, 6.07) is 5.61. The van der Waals surface area contributed by atoms with Gasteiger partial charge in [-0.05, 0) is 31.7 Å². The molecule has 2 aliphatic rings. The summed E-state index contributed by atoms with van der Waals surface area (Å²) in [6.45, 7) is 8.39. The molecule has 2 aliphatic heterocycles. The molecule has 32 heavy (non-hydrogen) atoms. The largest absolute Gasteiger partial charge is 0.495 e. The average Bonchev–Trinajstić information content (AvgIpc) is 3.10. The Morgan fingerprint density at radius 2 is 2.03 bits per heavy atom. The van der Waals surface area contributed by atoms with E-state index in [1.165, 1.54) is 0 Å². The third kappa shape index (κ3) is 3.96. The minimum Gasteiger partial charge on any atom is -0.495 e. The van der Waals surface area contributed by atoms with Crippen molar-refractivity contribution in [2.45, 2.75) is 52.4 Å². The molecule has 4 rings (SSSR count). The van der Waals surface area contributed by atoms with Gasteiger partial charge in [-0.15, -0.1) is 0 Å². The number of aromatic nitrogens is 2. The topological polar surface area (TPSA) is 93.7 Å². The lowest BCUT2D eigenvalue weighted by molar-refractivity contribution is 0.0608. The number of nitrogens with two attached hydrogens (primary N) is 1. The number of benzene rings is 1. The third-order valence-corrected chi connectivity index (χ3v) is 7.44. The first-order chi connectivity index (χ1) is 15.3. The zero-order chi connectivity index (χ0) is 23.0. The zero-order valence-electron chi connectivity index (χ0n) is 19.3. The number of hydrogen-bond donors (Lipinski definition) is 2. The Balaban J connectivity index is 1.59. The number of rotatable bonds is 5. The summed E-state index contributed by atoms with van der Waals surface area (Å²) in [7, 11) is 1.58. The van der Waals surface area contributed by atoms with Crippen molar-refractivity contribution in [3.63, 3.8) is 0 Å². The normalized spacial score (nSPS) is 22.7. The Morgan fingerprint density at radius 3 is 2.62 bits per heavy atom. The lowest BCUT2D eigenvalue weighted by Crippen LogP contribution is -2.52. The number of aliphatic hydroxyl groups excluding tert-OH is 1. The molecule has 2 fully saturated rings. The van der Waals surface area contributed by atoms with Gasteiger partial charge in [0.05, 0.1) is 42.8 Å². The fourth-order valence-electron chi connectivity index (χ4n) is 5.07. The van der Waals surface area contributed by atoms with Crippen molar-refractivity contribution in [3.05, 3.63) is 34.6 Å². The summed E-state index contributed by atoms with van der Waals surface area (Å²) >= 11 is 6.53. The molecule has 174 valence electrons. The van der Waals surface area contributed by atoms with Gasteiger partial charge in [0, 0.05) is 30.1 Å². The molecule has 2 aromatic rings. The minimum absolute atomic E-state index is 0.0152. The number of hydrogen-bond acceptors (Lipinski definition) is 7. The van der Waals surface area contributed by atoms with Crippen molar-refractivity contribution < 1.29 is 14.6 Å². The lowest BCUT2D eigenvalue weighted by atomic mass is 9.72. The average molecular weight is 461 g/mol. The van der Waals surface area contributed by atoms with Crippen molar-refractivity contribution in [2.75, 3.05) is 31.7 Å². The highest BCUT2D eigenvalue weighted by atomic mass is 35.5. The van der Waals surface area contributed by atoms with Crippen molar-refractivity contribution in [1.82, 2.24) is 9.97 Å². The smallest absolute Gasteiger partial charge is 0.153 e. The number of halogens is 1. The number of aliphatic hydroxyl groups is 1. The molecular formula is C24H33ClN4O3. The second-order valence-corrected chi connectivity index (χ2v) is 9.68. The molecule has 0 amide bonds. The number of nitrogens with zero attached hydrogens (tertiary/aromatic N) is 3. The first kappa shape index (κ1) is 23.2. The monoisotopic (exact) mass is 460 g/mol. The zero-order valence-corrected chi connectivity index (χ0v) is 20.0. The Bertz CT molecular complexity index is 976. The van der Waals surface area contributed by atoms with E-state index in [-0.39, 0.29) is 24.2 Å². The van der Waals surface area contributed by atoms with Crippen LogP contribution in [0.2, 0.25) is 5.02 Å². The molecule has 1 aromatic heterocycles. The van der Waals surface area contributed by atoms with Gasteiger partial charge in [0.25, 0.3) is 0 Å². The first-order valence-corrected chi connectivity index (χ1v) is 11.6. The summed E-state index contributed by atoms with van der Waals surface area (Å²) in [5, 5.41) is 10.6. The summed E-state index contributed by atoms with van der Waals surface area (Å²) in [6.07, 6.45) is 1.99. The molecule has 8 heteroatoms. The van der Waals surface area contributed by atoms with Crippen LogP contribution >= 0.6 is 11.6 Å². The number of piperidine rings is 1. The SMILES string of the molecule is COc1cccc(-c2nc(CO)c(N3CCC4(CC3)CO[C@@H](C(C)C)[C@H]4N)nc2C)c1Cl. The van der Waals surface area contributed by atoms with E-state index in [0.29, 0.717) is 28.1 Å². The molecule has 2 saturated heterocycles. The molecule has 1 spiro atoms. The Kier molecular flexibility index (Phi) is 6.63. The van der Waals surface area contributed by atoms with Gasteiger partial charge in [0.1, 0.15) is 11.4 Å². The van der Waals surface area contributed by atoms with Crippen LogP contribution in [0, 0.1) is 18.3 Å². The maximum Gasteiger partial charge on any atom is 0.153 e. The second kappa shape index (κ2) is 9.14. The number of methoxy groups -OCH3 is 1. The molecule has 7 nitrogen and oxygen atoms in total. The summed E-state index contributed by atoms with van der Waals surface area (Å²) < 4.78 is 11.4. The fourth-order valence-corrected chi connectivity index (χ4v) is 5.36. The van der Waals surface area contributed by atoms with E-state index in [1.807, 2.05) is 19.1 Å². The molecule has 0 bridgehead atoms. The van der Waals surface area contributed by atoms with Gasteiger partial charge in [-0.2, -0.15) is 0 Å². The summed E-state index contributed by atoms with van der Waals surface area (Å²) in [5.41, 5.74) is 9.36. The van der Waals surface area contributed by atoms with E-state index in [0.717, 1.165) is 49.6 Å². The maximum absolute atomic E-state index is 10.1. The maximum atomic E-state index is 10.1. The van der Waals surface area contributed by atoms with E-state index in [4.69, 9.17) is 36.8 Å².